The normalized spacial score (nSPS) is 11.2. The summed E-state index contributed by atoms with van der Waals surface area (Å²) in [6.07, 6.45) is 4.28. The van der Waals surface area contributed by atoms with Gasteiger partial charge in [-0.2, -0.15) is 0 Å². The Kier molecular flexibility index (Phi) is 3.42. The summed E-state index contributed by atoms with van der Waals surface area (Å²) in [6.45, 7) is 2.75. The summed E-state index contributed by atoms with van der Waals surface area (Å²) in [4.78, 5) is 9.28. The lowest BCUT2D eigenvalue weighted by Crippen LogP contribution is -2.06. The fourth-order valence-corrected chi connectivity index (χ4v) is 2.87. The van der Waals surface area contributed by atoms with Crippen molar-refractivity contribution in [3.63, 3.8) is 0 Å². The van der Waals surface area contributed by atoms with Crippen molar-refractivity contribution in [1.29, 1.82) is 0 Å². The average Bonchev–Trinajstić information content (AvgIpc) is 3.17. The van der Waals surface area contributed by atoms with Crippen molar-refractivity contribution >= 4 is 11.2 Å². The molecule has 0 unspecified atom stereocenters. The fourth-order valence-electron chi connectivity index (χ4n) is 2.87. The molecule has 0 aliphatic carbocycles. The van der Waals surface area contributed by atoms with E-state index in [0.717, 1.165) is 29.2 Å². The molecule has 0 radical (unpaired) electrons. The second kappa shape index (κ2) is 5.72. The van der Waals surface area contributed by atoms with E-state index in [0.29, 0.717) is 6.54 Å². The summed E-state index contributed by atoms with van der Waals surface area (Å²) in [6, 6.07) is 16.3. The molecular formula is C19H17N3O. The van der Waals surface area contributed by atoms with Crippen LogP contribution in [-0.2, 0) is 13.0 Å². The minimum atomic E-state index is 0.641. The van der Waals surface area contributed by atoms with Crippen molar-refractivity contribution in [3.05, 3.63) is 83.7 Å². The zero-order valence-electron chi connectivity index (χ0n) is 12.9. The van der Waals surface area contributed by atoms with Crippen molar-refractivity contribution in [3.8, 4) is 0 Å². The summed E-state index contributed by atoms with van der Waals surface area (Å²) >= 11 is 0. The van der Waals surface area contributed by atoms with Crippen LogP contribution < -0.4 is 0 Å². The summed E-state index contributed by atoms with van der Waals surface area (Å²) in [7, 11) is 0. The first-order chi connectivity index (χ1) is 11.3. The number of fused-ring (bicyclic) bond motifs is 1. The molecule has 3 heterocycles. The van der Waals surface area contributed by atoms with Crippen molar-refractivity contribution in [2.75, 3.05) is 0 Å². The van der Waals surface area contributed by atoms with E-state index < -0.39 is 0 Å². The summed E-state index contributed by atoms with van der Waals surface area (Å²) in [5.41, 5.74) is 4.32. The van der Waals surface area contributed by atoms with Gasteiger partial charge in [-0.15, -0.1) is 0 Å². The SMILES string of the molecule is Cc1cccc(Cc2nc3cccnc3n2Cc2ccco2)c1. The molecule has 0 fully saturated rings. The minimum Gasteiger partial charge on any atom is -0.467 e. The van der Waals surface area contributed by atoms with E-state index >= 15 is 0 Å². The molecule has 0 atom stereocenters. The first-order valence-corrected chi connectivity index (χ1v) is 7.67. The van der Waals surface area contributed by atoms with Crippen molar-refractivity contribution in [1.82, 2.24) is 14.5 Å². The van der Waals surface area contributed by atoms with Crippen LogP contribution in [0.3, 0.4) is 0 Å². The molecule has 4 aromatic rings. The van der Waals surface area contributed by atoms with Gasteiger partial charge in [0.25, 0.3) is 0 Å². The van der Waals surface area contributed by atoms with Crippen LogP contribution in [0.1, 0.15) is 22.7 Å². The third-order valence-electron chi connectivity index (χ3n) is 3.92. The van der Waals surface area contributed by atoms with Crippen molar-refractivity contribution in [2.24, 2.45) is 0 Å². The Morgan fingerprint density at radius 2 is 2.04 bits per heavy atom. The van der Waals surface area contributed by atoms with Gasteiger partial charge in [-0.1, -0.05) is 29.8 Å². The number of hydrogen-bond acceptors (Lipinski definition) is 3. The Labute approximate surface area is 134 Å². The van der Waals surface area contributed by atoms with Gasteiger partial charge in [0.05, 0.1) is 12.8 Å². The van der Waals surface area contributed by atoms with Gasteiger partial charge < -0.3 is 8.98 Å². The Morgan fingerprint density at radius 1 is 1.09 bits per heavy atom. The molecule has 0 aliphatic rings. The van der Waals surface area contributed by atoms with E-state index in [1.54, 1.807) is 12.5 Å². The third kappa shape index (κ3) is 2.75. The van der Waals surface area contributed by atoms with Gasteiger partial charge in [0, 0.05) is 12.6 Å². The summed E-state index contributed by atoms with van der Waals surface area (Å²) in [5.74, 6) is 1.90. The highest BCUT2D eigenvalue weighted by molar-refractivity contribution is 5.71. The Hall–Kier alpha value is -2.88. The van der Waals surface area contributed by atoms with Crippen LogP contribution in [0.25, 0.3) is 11.2 Å². The second-order valence-corrected chi connectivity index (χ2v) is 5.71. The van der Waals surface area contributed by atoms with E-state index in [1.165, 1.54) is 11.1 Å². The molecule has 3 aromatic heterocycles. The molecule has 0 aliphatic heterocycles. The molecule has 4 heteroatoms. The zero-order chi connectivity index (χ0) is 15.6. The molecule has 114 valence electrons. The molecule has 4 rings (SSSR count). The van der Waals surface area contributed by atoms with Gasteiger partial charge in [-0.3, -0.25) is 0 Å². The predicted octanol–water partition coefficient (Wildman–Crippen LogP) is 3.97. The first kappa shape index (κ1) is 13.8. The number of benzene rings is 1. The maximum atomic E-state index is 5.50. The minimum absolute atomic E-state index is 0.641. The summed E-state index contributed by atoms with van der Waals surface area (Å²) < 4.78 is 7.64. The number of imidazole rings is 1. The molecule has 0 saturated carbocycles. The van der Waals surface area contributed by atoms with Gasteiger partial charge in [0.1, 0.15) is 17.1 Å². The molecule has 0 amide bonds. The van der Waals surface area contributed by atoms with E-state index in [4.69, 9.17) is 9.40 Å². The van der Waals surface area contributed by atoms with Crippen LogP contribution in [0.2, 0.25) is 0 Å². The predicted molar refractivity (Wildman–Crippen MR) is 89.3 cm³/mol. The fraction of sp³-hybridized carbons (Fsp3) is 0.158. The number of rotatable bonds is 4. The summed E-state index contributed by atoms with van der Waals surface area (Å²) in [5, 5.41) is 0. The van der Waals surface area contributed by atoms with Crippen molar-refractivity contribution < 1.29 is 4.42 Å². The maximum absolute atomic E-state index is 5.50. The number of pyridine rings is 1. The lowest BCUT2D eigenvalue weighted by Gasteiger charge is -2.07. The molecule has 23 heavy (non-hydrogen) atoms. The smallest absolute Gasteiger partial charge is 0.160 e. The zero-order valence-corrected chi connectivity index (χ0v) is 12.9. The molecule has 0 bridgehead atoms. The van der Waals surface area contributed by atoms with Crippen LogP contribution in [-0.4, -0.2) is 14.5 Å². The van der Waals surface area contributed by atoms with Gasteiger partial charge in [-0.25, -0.2) is 9.97 Å². The van der Waals surface area contributed by atoms with E-state index in [2.05, 4.69) is 40.7 Å². The van der Waals surface area contributed by atoms with Crippen LogP contribution in [0.15, 0.2) is 65.4 Å². The molecule has 4 nitrogen and oxygen atoms in total. The van der Waals surface area contributed by atoms with E-state index in [9.17, 15) is 0 Å². The average molecular weight is 303 g/mol. The molecule has 0 spiro atoms. The number of aromatic nitrogens is 3. The van der Waals surface area contributed by atoms with Crippen molar-refractivity contribution in [2.45, 2.75) is 19.9 Å². The van der Waals surface area contributed by atoms with Crippen LogP contribution >= 0.6 is 0 Å². The highest BCUT2D eigenvalue weighted by Gasteiger charge is 2.13. The van der Waals surface area contributed by atoms with Crippen LogP contribution in [0.4, 0.5) is 0 Å². The number of nitrogens with zero attached hydrogens (tertiary/aromatic N) is 3. The molecule has 0 N–H and O–H groups in total. The Balaban J connectivity index is 1.78. The molecule has 0 saturated heterocycles. The van der Waals surface area contributed by atoms with Crippen LogP contribution in [0.5, 0.6) is 0 Å². The largest absolute Gasteiger partial charge is 0.467 e. The monoisotopic (exact) mass is 303 g/mol. The lowest BCUT2D eigenvalue weighted by molar-refractivity contribution is 0.492. The quantitative estimate of drug-likeness (QED) is 0.573. The van der Waals surface area contributed by atoms with E-state index in [-0.39, 0.29) is 0 Å². The van der Waals surface area contributed by atoms with E-state index in [1.807, 2.05) is 24.3 Å². The topological polar surface area (TPSA) is 43.9 Å². The highest BCUT2D eigenvalue weighted by atomic mass is 16.3. The molecule has 1 aromatic carbocycles. The second-order valence-electron chi connectivity index (χ2n) is 5.71. The first-order valence-electron chi connectivity index (χ1n) is 7.67. The van der Waals surface area contributed by atoms with Gasteiger partial charge in [0.15, 0.2) is 5.65 Å². The molecular weight excluding hydrogens is 286 g/mol. The van der Waals surface area contributed by atoms with Gasteiger partial charge >= 0.3 is 0 Å². The van der Waals surface area contributed by atoms with Gasteiger partial charge in [0.2, 0.25) is 0 Å². The van der Waals surface area contributed by atoms with Crippen LogP contribution in [0, 0.1) is 6.92 Å². The number of aryl methyl sites for hydroxylation is 1. The standard InChI is InChI=1S/C19H17N3O/c1-14-5-2-6-15(11-14)12-18-21-17-8-3-9-20-19(17)22(18)13-16-7-4-10-23-16/h2-11H,12-13H2,1H3. The third-order valence-corrected chi connectivity index (χ3v) is 3.92. The Bertz CT molecular complexity index is 938. The van der Waals surface area contributed by atoms with Gasteiger partial charge in [-0.05, 0) is 36.8 Å². The maximum Gasteiger partial charge on any atom is 0.160 e. The lowest BCUT2D eigenvalue weighted by atomic mass is 10.1. The Morgan fingerprint density at radius 3 is 2.87 bits per heavy atom. The number of furan rings is 1. The number of hydrogen-bond donors (Lipinski definition) is 0. The highest BCUT2D eigenvalue weighted by Crippen LogP contribution is 2.19.